The lowest BCUT2D eigenvalue weighted by atomic mass is 10.1. The van der Waals surface area contributed by atoms with Crippen LogP contribution < -0.4 is 5.32 Å². The summed E-state index contributed by atoms with van der Waals surface area (Å²) in [7, 11) is -0.466. The first-order valence-corrected chi connectivity index (χ1v) is 10.1. The van der Waals surface area contributed by atoms with Gasteiger partial charge < -0.3 is 5.32 Å². The van der Waals surface area contributed by atoms with E-state index >= 15 is 0 Å². The van der Waals surface area contributed by atoms with E-state index in [1.54, 1.807) is 42.5 Å². The molecule has 140 valence electrons. The lowest BCUT2D eigenvalue weighted by Gasteiger charge is -2.11. The number of aryl methyl sites for hydroxylation is 1. The highest BCUT2D eigenvalue weighted by molar-refractivity contribution is 7.89. The number of hydrogen-bond acceptors (Lipinski definition) is 3. The summed E-state index contributed by atoms with van der Waals surface area (Å²) >= 11 is 11.9. The molecule has 0 spiro atoms. The largest absolute Gasteiger partial charge is 0.352 e. The second-order valence-electron chi connectivity index (χ2n) is 5.94. The van der Waals surface area contributed by atoms with Crippen LogP contribution in [-0.2, 0) is 27.8 Å². The van der Waals surface area contributed by atoms with Crippen LogP contribution in [0.1, 0.15) is 17.5 Å². The van der Waals surface area contributed by atoms with Crippen molar-refractivity contribution in [1.82, 2.24) is 9.62 Å². The van der Waals surface area contributed by atoms with Crippen molar-refractivity contribution in [1.29, 1.82) is 0 Å². The normalized spacial score (nSPS) is 11.6. The minimum Gasteiger partial charge on any atom is -0.352 e. The molecule has 0 aromatic heterocycles. The van der Waals surface area contributed by atoms with Crippen LogP contribution in [-0.4, -0.2) is 32.7 Å². The maximum absolute atomic E-state index is 12.0. The molecule has 0 unspecified atom stereocenters. The third-order valence-corrected chi connectivity index (χ3v) is 6.25. The first-order valence-electron chi connectivity index (χ1n) is 7.92. The van der Waals surface area contributed by atoms with Crippen molar-refractivity contribution in [3.63, 3.8) is 0 Å². The molecule has 2 aromatic carbocycles. The minimum atomic E-state index is -3.44. The van der Waals surface area contributed by atoms with Gasteiger partial charge in [-0.2, -0.15) is 0 Å². The molecule has 0 heterocycles. The molecule has 5 nitrogen and oxygen atoms in total. The maximum Gasteiger partial charge on any atom is 0.242 e. The first-order chi connectivity index (χ1) is 12.2. The molecule has 26 heavy (non-hydrogen) atoms. The number of sulfonamides is 1. The predicted octanol–water partition coefficient (Wildman–Crippen LogP) is 3.49. The van der Waals surface area contributed by atoms with Crippen molar-refractivity contribution in [2.75, 3.05) is 14.1 Å². The molecule has 0 aliphatic heterocycles. The number of hydrogen-bond donors (Lipinski definition) is 1. The number of rotatable bonds is 7. The summed E-state index contributed by atoms with van der Waals surface area (Å²) in [6, 6.07) is 11.7. The Hall–Kier alpha value is -1.60. The van der Waals surface area contributed by atoms with Crippen molar-refractivity contribution in [3.8, 4) is 0 Å². The lowest BCUT2D eigenvalue weighted by molar-refractivity contribution is -0.121. The molecule has 0 aliphatic rings. The molecule has 2 rings (SSSR count). The zero-order chi connectivity index (χ0) is 19.3. The summed E-state index contributed by atoms with van der Waals surface area (Å²) in [6.45, 7) is 0.328. The van der Waals surface area contributed by atoms with E-state index in [1.807, 2.05) is 0 Å². The molecule has 1 N–H and O–H groups in total. The van der Waals surface area contributed by atoms with Crippen LogP contribution in [0.2, 0.25) is 10.0 Å². The van der Waals surface area contributed by atoms with Gasteiger partial charge in [0.25, 0.3) is 0 Å². The van der Waals surface area contributed by atoms with Gasteiger partial charge in [0.15, 0.2) is 0 Å². The zero-order valence-electron chi connectivity index (χ0n) is 14.5. The molecular weight excluding hydrogens is 395 g/mol. The average molecular weight is 415 g/mol. The molecule has 0 radical (unpaired) electrons. The molecule has 0 aliphatic carbocycles. The Morgan fingerprint density at radius 3 is 2.31 bits per heavy atom. The number of nitrogens with zero attached hydrogens (tertiary/aromatic N) is 1. The Labute approximate surface area is 164 Å². The molecule has 0 saturated carbocycles. The number of nitrogens with one attached hydrogen (secondary N) is 1. The lowest BCUT2D eigenvalue weighted by Crippen LogP contribution is -2.23. The van der Waals surface area contributed by atoms with Gasteiger partial charge in [-0.1, -0.05) is 41.4 Å². The van der Waals surface area contributed by atoms with Crippen LogP contribution in [0, 0.1) is 0 Å². The van der Waals surface area contributed by atoms with E-state index in [-0.39, 0.29) is 10.8 Å². The van der Waals surface area contributed by atoms with Crippen molar-refractivity contribution in [3.05, 3.63) is 63.6 Å². The van der Waals surface area contributed by atoms with Crippen LogP contribution in [0.5, 0.6) is 0 Å². The standard InChI is InChI=1S/C18H20Cl2N2O3S/c1-22(2)26(24,25)16-8-3-13(4-9-16)5-10-18(23)21-12-14-6-7-15(19)11-17(14)20/h3-4,6-9,11H,5,10,12H2,1-2H3,(H,21,23). The van der Waals surface area contributed by atoms with Gasteiger partial charge in [-0.05, 0) is 41.8 Å². The fraction of sp³-hybridized carbons (Fsp3) is 0.278. The van der Waals surface area contributed by atoms with Crippen molar-refractivity contribution in [2.24, 2.45) is 0 Å². The quantitative estimate of drug-likeness (QED) is 0.753. The summed E-state index contributed by atoms with van der Waals surface area (Å²) in [5, 5.41) is 3.87. The second-order valence-corrected chi connectivity index (χ2v) is 8.94. The first kappa shape index (κ1) is 20.7. The Bertz CT molecular complexity index is 882. The average Bonchev–Trinajstić information content (AvgIpc) is 2.59. The van der Waals surface area contributed by atoms with E-state index in [2.05, 4.69) is 5.32 Å². The smallest absolute Gasteiger partial charge is 0.242 e. The molecular formula is C18H20Cl2N2O3S. The van der Waals surface area contributed by atoms with Crippen LogP contribution in [0.15, 0.2) is 47.4 Å². The Balaban J connectivity index is 1.87. The van der Waals surface area contributed by atoms with E-state index in [9.17, 15) is 13.2 Å². The maximum atomic E-state index is 12.0. The van der Waals surface area contributed by atoms with Gasteiger partial charge in [-0.25, -0.2) is 12.7 Å². The van der Waals surface area contributed by atoms with Crippen LogP contribution >= 0.6 is 23.2 Å². The molecule has 0 fully saturated rings. The molecule has 2 aromatic rings. The van der Waals surface area contributed by atoms with E-state index in [0.717, 1.165) is 15.4 Å². The van der Waals surface area contributed by atoms with Gasteiger partial charge in [0.2, 0.25) is 15.9 Å². The summed E-state index contributed by atoms with van der Waals surface area (Å²) in [4.78, 5) is 12.2. The third kappa shape index (κ3) is 5.45. The van der Waals surface area contributed by atoms with Crippen LogP contribution in [0.3, 0.4) is 0 Å². The zero-order valence-corrected chi connectivity index (χ0v) is 16.8. The van der Waals surface area contributed by atoms with Gasteiger partial charge in [-0.15, -0.1) is 0 Å². The van der Waals surface area contributed by atoms with E-state index in [0.29, 0.717) is 29.4 Å². The van der Waals surface area contributed by atoms with Gasteiger partial charge in [-0.3, -0.25) is 4.79 Å². The van der Waals surface area contributed by atoms with Gasteiger partial charge in [0, 0.05) is 37.1 Å². The molecule has 0 saturated heterocycles. The predicted molar refractivity (Wildman–Crippen MR) is 104 cm³/mol. The second kappa shape index (κ2) is 8.86. The Morgan fingerprint density at radius 2 is 1.73 bits per heavy atom. The summed E-state index contributed by atoms with van der Waals surface area (Å²) < 4.78 is 25.2. The number of amides is 1. The number of halogens is 2. The summed E-state index contributed by atoms with van der Waals surface area (Å²) in [5.41, 5.74) is 1.69. The van der Waals surface area contributed by atoms with E-state index in [4.69, 9.17) is 23.2 Å². The highest BCUT2D eigenvalue weighted by atomic mass is 35.5. The van der Waals surface area contributed by atoms with Crippen molar-refractivity contribution < 1.29 is 13.2 Å². The summed E-state index contributed by atoms with van der Waals surface area (Å²) in [5.74, 6) is -0.110. The topological polar surface area (TPSA) is 66.5 Å². The van der Waals surface area contributed by atoms with Crippen LogP contribution in [0.4, 0.5) is 0 Å². The molecule has 0 atom stereocenters. The van der Waals surface area contributed by atoms with Crippen molar-refractivity contribution >= 4 is 39.1 Å². The van der Waals surface area contributed by atoms with E-state index < -0.39 is 10.0 Å². The number of carbonyl (C=O) groups is 1. The van der Waals surface area contributed by atoms with Crippen molar-refractivity contribution in [2.45, 2.75) is 24.3 Å². The number of carbonyl (C=O) groups excluding carboxylic acids is 1. The molecule has 8 heteroatoms. The molecule has 0 bridgehead atoms. The fourth-order valence-corrected chi connectivity index (χ4v) is 3.62. The Kier molecular flexibility index (Phi) is 7.06. The third-order valence-electron chi connectivity index (χ3n) is 3.83. The summed E-state index contributed by atoms with van der Waals surface area (Å²) in [6.07, 6.45) is 0.813. The van der Waals surface area contributed by atoms with Gasteiger partial charge in [0.05, 0.1) is 4.90 Å². The highest BCUT2D eigenvalue weighted by Crippen LogP contribution is 2.20. The highest BCUT2D eigenvalue weighted by Gasteiger charge is 2.16. The Morgan fingerprint density at radius 1 is 1.08 bits per heavy atom. The van der Waals surface area contributed by atoms with E-state index in [1.165, 1.54) is 14.1 Å². The number of benzene rings is 2. The minimum absolute atomic E-state index is 0.110. The fourth-order valence-electron chi connectivity index (χ4n) is 2.24. The van der Waals surface area contributed by atoms with Crippen LogP contribution in [0.25, 0.3) is 0 Å². The molecule has 1 amide bonds. The SMILES string of the molecule is CN(C)S(=O)(=O)c1ccc(CCC(=O)NCc2ccc(Cl)cc2Cl)cc1. The van der Waals surface area contributed by atoms with Gasteiger partial charge >= 0.3 is 0 Å². The van der Waals surface area contributed by atoms with Gasteiger partial charge in [0.1, 0.15) is 0 Å². The monoisotopic (exact) mass is 414 g/mol.